The lowest BCUT2D eigenvalue weighted by atomic mass is 10.2. The van der Waals surface area contributed by atoms with Crippen molar-refractivity contribution < 1.29 is 28.5 Å². The van der Waals surface area contributed by atoms with Gasteiger partial charge in [0.15, 0.2) is 5.12 Å². The molecule has 28 heavy (non-hydrogen) atoms. The van der Waals surface area contributed by atoms with E-state index >= 15 is 0 Å². The molecule has 156 valence electrons. The molecule has 0 saturated heterocycles. The van der Waals surface area contributed by atoms with Gasteiger partial charge < -0.3 is 20.4 Å². The van der Waals surface area contributed by atoms with Crippen molar-refractivity contribution in [3.63, 3.8) is 0 Å². The molecular weight excluding hydrogens is 407 g/mol. The third kappa shape index (κ3) is 8.49. The fraction of sp³-hybridized carbons (Fsp3) is 0.500. The minimum Gasteiger partial charge on any atom is -0.383 e. The van der Waals surface area contributed by atoms with Crippen LogP contribution in [0.4, 0.5) is 5.82 Å². The number of hydrogen-bond donors (Lipinski definition) is 3. The van der Waals surface area contributed by atoms with Crippen molar-refractivity contribution >= 4 is 36.9 Å². The molecular formula is C16H25N4O6PS. The number of allylic oxidation sites excluding steroid dienone is 1. The summed E-state index contributed by atoms with van der Waals surface area (Å²) in [6.07, 6.45) is 3.16. The van der Waals surface area contributed by atoms with E-state index in [1.807, 2.05) is 6.92 Å². The summed E-state index contributed by atoms with van der Waals surface area (Å²) in [6.45, 7) is 4.98. The first kappa shape index (κ1) is 24.3. The van der Waals surface area contributed by atoms with Crippen molar-refractivity contribution in [3.8, 4) is 0 Å². The number of nitrogens with zero attached hydrogens (tertiary/aromatic N) is 3. The van der Waals surface area contributed by atoms with Crippen LogP contribution in [0, 0.1) is 6.92 Å². The first-order chi connectivity index (χ1) is 13.1. The summed E-state index contributed by atoms with van der Waals surface area (Å²) in [4.78, 5) is 51.3. The standard InChI is InChI=1S/C16H25N4O6PS/c1-4-5-15(22)28-14(6-7-26-27(23,24)25)11(2)20(10-21)9-13-8-18-12(3)19-16(13)17/h8,10H,4-7,9H2,1-3H3,(H2,17,18,19)(H2,23,24,25)/b14-11-. The van der Waals surface area contributed by atoms with Crippen LogP contribution >= 0.6 is 19.6 Å². The largest absolute Gasteiger partial charge is 0.469 e. The Bertz CT molecular complexity index is 782. The van der Waals surface area contributed by atoms with Gasteiger partial charge in [-0.2, -0.15) is 0 Å². The molecule has 1 aromatic heterocycles. The van der Waals surface area contributed by atoms with E-state index < -0.39 is 7.82 Å². The molecule has 0 bridgehead atoms. The highest BCUT2D eigenvalue weighted by molar-refractivity contribution is 8.16. The second kappa shape index (κ2) is 11.3. The first-order valence-electron chi connectivity index (χ1n) is 8.47. The van der Waals surface area contributed by atoms with Gasteiger partial charge in [-0.25, -0.2) is 14.5 Å². The van der Waals surface area contributed by atoms with Crippen molar-refractivity contribution in [2.45, 2.75) is 46.6 Å². The van der Waals surface area contributed by atoms with E-state index in [1.165, 1.54) is 11.1 Å². The van der Waals surface area contributed by atoms with E-state index in [-0.39, 0.29) is 30.5 Å². The molecule has 1 heterocycles. The van der Waals surface area contributed by atoms with E-state index in [1.54, 1.807) is 13.8 Å². The molecule has 1 rings (SSSR count). The SMILES string of the molecule is CCCC(=O)S/C(CCOP(=O)(O)O)=C(/C)N(C=O)Cc1cnc(C)nc1N. The van der Waals surface area contributed by atoms with Crippen LogP contribution in [0.15, 0.2) is 16.8 Å². The molecule has 0 radical (unpaired) electrons. The molecule has 0 unspecified atom stereocenters. The van der Waals surface area contributed by atoms with Gasteiger partial charge in [0, 0.05) is 35.2 Å². The number of hydrogen-bond acceptors (Lipinski definition) is 8. The summed E-state index contributed by atoms with van der Waals surface area (Å²) >= 11 is 0.934. The highest BCUT2D eigenvalue weighted by Crippen LogP contribution is 2.37. The van der Waals surface area contributed by atoms with Gasteiger partial charge in [-0.05, 0) is 20.3 Å². The van der Waals surface area contributed by atoms with Crippen LogP contribution in [0.1, 0.15) is 44.5 Å². The number of phosphoric acid groups is 1. The number of amides is 1. The maximum Gasteiger partial charge on any atom is 0.469 e. The van der Waals surface area contributed by atoms with Crippen molar-refractivity contribution in [1.82, 2.24) is 14.9 Å². The number of thioether (sulfide) groups is 1. The van der Waals surface area contributed by atoms with Crippen LogP contribution in [0.2, 0.25) is 0 Å². The van der Waals surface area contributed by atoms with E-state index in [0.29, 0.717) is 41.2 Å². The second-order valence-corrected chi connectivity index (χ2v) is 8.26. The third-order valence-electron chi connectivity index (χ3n) is 3.60. The minimum atomic E-state index is -4.63. The number of aryl methyl sites for hydroxylation is 1. The van der Waals surface area contributed by atoms with Gasteiger partial charge >= 0.3 is 7.82 Å². The number of phosphoric ester groups is 1. The predicted octanol–water partition coefficient (Wildman–Crippen LogP) is 2.12. The average Bonchev–Trinajstić information content (AvgIpc) is 2.59. The molecule has 0 atom stereocenters. The van der Waals surface area contributed by atoms with Crippen molar-refractivity contribution in [2.75, 3.05) is 12.3 Å². The zero-order valence-electron chi connectivity index (χ0n) is 16.0. The monoisotopic (exact) mass is 432 g/mol. The Labute approximate surface area is 167 Å². The van der Waals surface area contributed by atoms with Gasteiger partial charge in [0.05, 0.1) is 13.2 Å². The second-order valence-electron chi connectivity index (χ2n) is 5.87. The number of carbonyl (C=O) groups is 2. The van der Waals surface area contributed by atoms with Crippen LogP contribution in [-0.4, -0.2) is 42.8 Å². The quantitative estimate of drug-likeness (QED) is 0.349. The van der Waals surface area contributed by atoms with Crippen molar-refractivity contribution in [2.24, 2.45) is 0 Å². The molecule has 1 aromatic rings. The number of nitrogen functional groups attached to an aromatic ring is 1. The number of anilines is 1. The Hall–Kier alpha value is -1.78. The maximum absolute atomic E-state index is 12.1. The Morgan fingerprint density at radius 1 is 1.43 bits per heavy atom. The Kier molecular flexibility index (Phi) is 9.77. The van der Waals surface area contributed by atoms with Gasteiger partial charge in [-0.3, -0.25) is 14.1 Å². The molecule has 1 amide bonds. The molecule has 12 heteroatoms. The van der Waals surface area contributed by atoms with Crippen molar-refractivity contribution in [3.05, 3.63) is 28.2 Å². The van der Waals surface area contributed by atoms with Gasteiger partial charge in [0.25, 0.3) is 0 Å². The number of carbonyl (C=O) groups excluding carboxylic acids is 2. The van der Waals surface area contributed by atoms with E-state index in [0.717, 1.165) is 11.8 Å². The van der Waals surface area contributed by atoms with E-state index in [4.69, 9.17) is 15.5 Å². The van der Waals surface area contributed by atoms with Gasteiger partial charge in [-0.15, -0.1) is 0 Å². The third-order valence-corrected chi connectivity index (χ3v) is 5.30. The highest BCUT2D eigenvalue weighted by Gasteiger charge is 2.19. The van der Waals surface area contributed by atoms with E-state index in [2.05, 4.69) is 14.5 Å². The number of rotatable bonds is 11. The minimum absolute atomic E-state index is 0.0568. The first-order valence-corrected chi connectivity index (χ1v) is 10.8. The molecule has 0 saturated carbocycles. The predicted molar refractivity (Wildman–Crippen MR) is 106 cm³/mol. The summed E-state index contributed by atoms with van der Waals surface area (Å²) < 4.78 is 15.4. The smallest absolute Gasteiger partial charge is 0.383 e. The summed E-state index contributed by atoms with van der Waals surface area (Å²) in [5.74, 6) is 0.746. The lowest BCUT2D eigenvalue weighted by Crippen LogP contribution is -2.22. The van der Waals surface area contributed by atoms with Gasteiger partial charge in [0.2, 0.25) is 6.41 Å². The van der Waals surface area contributed by atoms with Gasteiger partial charge in [-0.1, -0.05) is 18.7 Å². The molecule has 10 nitrogen and oxygen atoms in total. The topological polar surface area (TPSA) is 156 Å². The summed E-state index contributed by atoms with van der Waals surface area (Å²) in [5, 5.41) is -0.114. The zero-order chi connectivity index (χ0) is 21.3. The molecule has 0 aromatic carbocycles. The highest BCUT2D eigenvalue weighted by atomic mass is 32.2. The molecule has 0 spiro atoms. The van der Waals surface area contributed by atoms with Crippen LogP contribution in [0.3, 0.4) is 0 Å². The van der Waals surface area contributed by atoms with Crippen LogP contribution in [0.5, 0.6) is 0 Å². The van der Waals surface area contributed by atoms with Crippen LogP contribution < -0.4 is 5.73 Å². The molecule has 4 N–H and O–H groups in total. The lowest BCUT2D eigenvalue weighted by molar-refractivity contribution is -0.117. The molecule has 0 aliphatic carbocycles. The van der Waals surface area contributed by atoms with Crippen LogP contribution in [0.25, 0.3) is 0 Å². The Morgan fingerprint density at radius 3 is 2.64 bits per heavy atom. The van der Waals surface area contributed by atoms with E-state index in [9.17, 15) is 14.2 Å². The van der Waals surface area contributed by atoms with Crippen LogP contribution in [-0.2, 0) is 25.2 Å². The number of nitrogens with two attached hydrogens (primary N) is 1. The fourth-order valence-corrected chi connectivity index (χ4v) is 3.53. The zero-order valence-corrected chi connectivity index (χ0v) is 17.7. The lowest BCUT2D eigenvalue weighted by Gasteiger charge is -2.22. The Morgan fingerprint density at radius 2 is 2.11 bits per heavy atom. The molecule has 0 aliphatic rings. The summed E-state index contributed by atoms with van der Waals surface area (Å²) in [5.41, 5.74) is 6.87. The summed E-state index contributed by atoms with van der Waals surface area (Å²) in [6, 6.07) is 0. The normalized spacial score (nSPS) is 12.5. The van der Waals surface area contributed by atoms with Gasteiger partial charge in [0.1, 0.15) is 11.6 Å². The Balaban J connectivity index is 3.08. The fourth-order valence-electron chi connectivity index (χ4n) is 2.17. The molecule has 0 aliphatic heterocycles. The summed E-state index contributed by atoms with van der Waals surface area (Å²) in [7, 11) is -4.63. The van der Waals surface area contributed by atoms with Crippen molar-refractivity contribution in [1.29, 1.82) is 0 Å². The maximum atomic E-state index is 12.1. The average molecular weight is 432 g/mol. The molecule has 0 fully saturated rings. The number of aromatic nitrogens is 2.